The summed E-state index contributed by atoms with van der Waals surface area (Å²) < 4.78 is 5.24. The summed E-state index contributed by atoms with van der Waals surface area (Å²) in [5, 5.41) is 9.88. The first kappa shape index (κ1) is 17.7. The summed E-state index contributed by atoms with van der Waals surface area (Å²) in [7, 11) is 0. The Balaban J connectivity index is 1.64. The van der Waals surface area contributed by atoms with E-state index in [1.807, 2.05) is 11.8 Å². The zero-order valence-corrected chi connectivity index (χ0v) is 14.0. The molecule has 1 amide bonds. The molecule has 2 fully saturated rings. The van der Waals surface area contributed by atoms with E-state index in [0.717, 1.165) is 32.6 Å². The lowest BCUT2D eigenvalue weighted by atomic mass is 9.86. The summed E-state index contributed by atoms with van der Waals surface area (Å²) in [5.41, 5.74) is 0. The number of carbonyl (C=O) groups excluding carboxylic acids is 1. The minimum absolute atomic E-state index is 0.335. The molecule has 1 saturated heterocycles. The van der Waals surface area contributed by atoms with Gasteiger partial charge in [0.25, 0.3) is 0 Å². The van der Waals surface area contributed by atoms with Crippen molar-refractivity contribution in [1.29, 1.82) is 0 Å². The highest BCUT2D eigenvalue weighted by molar-refractivity contribution is 5.76. The molecule has 2 rings (SSSR count). The van der Waals surface area contributed by atoms with Crippen molar-refractivity contribution in [2.75, 3.05) is 45.9 Å². The third kappa shape index (κ3) is 5.86. The fraction of sp³-hybridized carbons (Fsp3) is 0.941. The van der Waals surface area contributed by atoms with Gasteiger partial charge in [-0.25, -0.2) is 0 Å². The van der Waals surface area contributed by atoms with Gasteiger partial charge >= 0.3 is 0 Å². The molecule has 128 valence electrons. The molecule has 2 aliphatic rings. The number of aliphatic hydroxyl groups excluding tert-OH is 1. The van der Waals surface area contributed by atoms with Gasteiger partial charge in [0.05, 0.1) is 12.7 Å². The van der Waals surface area contributed by atoms with Gasteiger partial charge in [-0.3, -0.25) is 9.69 Å². The van der Waals surface area contributed by atoms with E-state index in [4.69, 9.17) is 4.74 Å². The molecule has 0 spiro atoms. The zero-order valence-electron chi connectivity index (χ0n) is 14.0. The second kappa shape index (κ2) is 9.48. The Kier molecular flexibility index (Phi) is 7.63. The number of ether oxygens (including phenoxy) is 1. The molecular weight excluding hydrogens is 280 g/mol. The van der Waals surface area contributed by atoms with Crippen LogP contribution in [0.2, 0.25) is 0 Å². The van der Waals surface area contributed by atoms with Crippen LogP contribution < -0.4 is 0 Å². The van der Waals surface area contributed by atoms with E-state index < -0.39 is 6.10 Å². The molecule has 1 atom stereocenters. The summed E-state index contributed by atoms with van der Waals surface area (Å²) in [6, 6.07) is 0. The van der Waals surface area contributed by atoms with E-state index in [0.29, 0.717) is 31.6 Å². The normalized spacial score (nSPS) is 22.7. The Bertz CT molecular complexity index is 324. The molecule has 0 radical (unpaired) electrons. The van der Waals surface area contributed by atoms with E-state index in [1.54, 1.807) is 0 Å². The van der Waals surface area contributed by atoms with Gasteiger partial charge in [-0.05, 0) is 25.7 Å². The Morgan fingerprint density at radius 3 is 2.50 bits per heavy atom. The number of amides is 1. The van der Waals surface area contributed by atoms with Gasteiger partial charge in [0.2, 0.25) is 5.91 Å². The Labute approximate surface area is 134 Å². The topological polar surface area (TPSA) is 53.0 Å². The molecule has 1 aliphatic carbocycles. The quantitative estimate of drug-likeness (QED) is 0.774. The van der Waals surface area contributed by atoms with Crippen LogP contribution in [0, 0.1) is 5.92 Å². The van der Waals surface area contributed by atoms with Gasteiger partial charge in [-0.2, -0.15) is 0 Å². The number of hydrogen-bond donors (Lipinski definition) is 1. The smallest absolute Gasteiger partial charge is 0.222 e. The van der Waals surface area contributed by atoms with E-state index >= 15 is 0 Å². The maximum atomic E-state index is 12.4. The summed E-state index contributed by atoms with van der Waals surface area (Å²) in [4.78, 5) is 16.6. The first-order chi connectivity index (χ1) is 10.7. The van der Waals surface area contributed by atoms with Crippen LogP contribution in [-0.2, 0) is 9.53 Å². The molecule has 0 aromatic heterocycles. The van der Waals surface area contributed by atoms with E-state index in [9.17, 15) is 9.90 Å². The molecule has 1 unspecified atom stereocenters. The highest BCUT2D eigenvalue weighted by Gasteiger charge is 2.25. The number of nitrogens with zero attached hydrogens (tertiary/aromatic N) is 2. The van der Waals surface area contributed by atoms with Crippen LogP contribution in [-0.4, -0.2) is 72.9 Å². The first-order valence-corrected chi connectivity index (χ1v) is 8.95. The third-order valence-corrected chi connectivity index (χ3v) is 4.90. The lowest BCUT2D eigenvalue weighted by Crippen LogP contribution is -2.51. The van der Waals surface area contributed by atoms with Crippen molar-refractivity contribution >= 4 is 5.91 Å². The lowest BCUT2D eigenvalue weighted by Gasteiger charge is -2.36. The van der Waals surface area contributed by atoms with E-state index in [1.165, 1.54) is 32.1 Å². The summed E-state index contributed by atoms with van der Waals surface area (Å²) in [5.74, 6) is 0.953. The molecule has 22 heavy (non-hydrogen) atoms. The zero-order chi connectivity index (χ0) is 15.8. The van der Waals surface area contributed by atoms with Crippen LogP contribution in [0.1, 0.15) is 45.4 Å². The minimum Gasteiger partial charge on any atom is -0.389 e. The number of piperazine rings is 1. The molecule has 5 nitrogen and oxygen atoms in total. The standard InChI is InChI=1S/C17H32N2O3/c1-2-22-14-16(20)13-18-8-10-19(11-9-18)17(21)12-15-6-4-3-5-7-15/h15-16,20H,2-14H2,1H3. The monoisotopic (exact) mass is 312 g/mol. The predicted octanol–water partition coefficient (Wildman–Crippen LogP) is 1.50. The number of rotatable bonds is 7. The van der Waals surface area contributed by atoms with Crippen LogP contribution in [0.5, 0.6) is 0 Å². The minimum atomic E-state index is -0.426. The average Bonchev–Trinajstić information content (AvgIpc) is 2.54. The second-order valence-electron chi connectivity index (χ2n) is 6.70. The van der Waals surface area contributed by atoms with Crippen molar-refractivity contribution in [1.82, 2.24) is 9.80 Å². The molecule has 1 aliphatic heterocycles. The van der Waals surface area contributed by atoms with Gasteiger partial charge in [0, 0.05) is 45.8 Å². The molecular formula is C17H32N2O3. The average molecular weight is 312 g/mol. The second-order valence-corrected chi connectivity index (χ2v) is 6.70. The number of carbonyl (C=O) groups is 1. The van der Waals surface area contributed by atoms with Crippen LogP contribution in [0.15, 0.2) is 0 Å². The van der Waals surface area contributed by atoms with Gasteiger partial charge in [0.1, 0.15) is 0 Å². The summed E-state index contributed by atoms with van der Waals surface area (Å²) in [6.07, 6.45) is 6.71. The number of β-amino-alcohol motifs (C(OH)–C–C–N with tert-alkyl or cyclic N) is 1. The Hall–Kier alpha value is -0.650. The molecule has 5 heteroatoms. The number of aliphatic hydroxyl groups is 1. The highest BCUT2D eigenvalue weighted by Crippen LogP contribution is 2.27. The van der Waals surface area contributed by atoms with Crippen molar-refractivity contribution < 1.29 is 14.6 Å². The number of hydrogen-bond acceptors (Lipinski definition) is 4. The van der Waals surface area contributed by atoms with Crippen molar-refractivity contribution in [3.8, 4) is 0 Å². The first-order valence-electron chi connectivity index (χ1n) is 8.95. The van der Waals surface area contributed by atoms with Crippen LogP contribution in [0.3, 0.4) is 0 Å². The van der Waals surface area contributed by atoms with Gasteiger partial charge < -0.3 is 14.7 Å². The molecule has 0 aromatic carbocycles. The fourth-order valence-corrected chi connectivity index (χ4v) is 3.55. The van der Waals surface area contributed by atoms with E-state index in [-0.39, 0.29) is 0 Å². The Morgan fingerprint density at radius 2 is 1.86 bits per heavy atom. The fourth-order valence-electron chi connectivity index (χ4n) is 3.55. The van der Waals surface area contributed by atoms with Gasteiger partial charge in [-0.15, -0.1) is 0 Å². The maximum Gasteiger partial charge on any atom is 0.222 e. The summed E-state index contributed by atoms with van der Waals surface area (Å²) >= 11 is 0. The van der Waals surface area contributed by atoms with Gasteiger partial charge in [0.15, 0.2) is 0 Å². The van der Waals surface area contributed by atoms with Crippen molar-refractivity contribution in [2.24, 2.45) is 5.92 Å². The van der Waals surface area contributed by atoms with Crippen molar-refractivity contribution in [2.45, 2.75) is 51.6 Å². The molecule has 1 N–H and O–H groups in total. The van der Waals surface area contributed by atoms with Gasteiger partial charge in [-0.1, -0.05) is 19.3 Å². The van der Waals surface area contributed by atoms with Crippen LogP contribution in [0.4, 0.5) is 0 Å². The van der Waals surface area contributed by atoms with Crippen molar-refractivity contribution in [3.05, 3.63) is 0 Å². The Morgan fingerprint density at radius 1 is 1.18 bits per heavy atom. The summed E-state index contributed by atoms with van der Waals surface area (Å²) in [6.45, 7) is 6.94. The SMILES string of the molecule is CCOCC(O)CN1CCN(C(=O)CC2CCCCC2)CC1. The van der Waals surface area contributed by atoms with Crippen LogP contribution >= 0.6 is 0 Å². The highest BCUT2D eigenvalue weighted by atomic mass is 16.5. The molecule has 0 aromatic rings. The maximum absolute atomic E-state index is 12.4. The van der Waals surface area contributed by atoms with Crippen molar-refractivity contribution in [3.63, 3.8) is 0 Å². The molecule has 1 saturated carbocycles. The molecule has 1 heterocycles. The lowest BCUT2D eigenvalue weighted by molar-refractivity contribution is -0.134. The predicted molar refractivity (Wildman–Crippen MR) is 86.7 cm³/mol. The third-order valence-electron chi connectivity index (χ3n) is 4.90. The van der Waals surface area contributed by atoms with E-state index in [2.05, 4.69) is 4.90 Å². The molecule has 0 bridgehead atoms. The van der Waals surface area contributed by atoms with Crippen LogP contribution in [0.25, 0.3) is 0 Å². The largest absolute Gasteiger partial charge is 0.389 e.